The second kappa shape index (κ2) is 6.98. The minimum atomic E-state index is -0.296. The molecular weight excluding hydrogens is 278 g/mol. The van der Waals surface area contributed by atoms with E-state index in [1.165, 1.54) is 6.92 Å². The molecule has 0 heterocycles. The van der Waals surface area contributed by atoms with E-state index in [0.29, 0.717) is 17.5 Å². The lowest BCUT2D eigenvalue weighted by Crippen LogP contribution is -2.29. The SMILES string of the molecule is CCCC(=O)CNC(=O)c1ccc(C(C)=O)c2ccccc12. The molecule has 2 aromatic carbocycles. The number of nitrogens with one attached hydrogen (secondary N) is 1. The van der Waals surface area contributed by atoms with E-state index in [2.05, 4.69) is 5.32 Å². The van der Waals surface area contributed by atoms with Crippen LogP contribution < -0.4 is 5.32 Å². The van der Waals surface area contributed by atoms with Crippen LogP contribution >= 0.6 is 0 Å². The quantitative estimate of drug-likeness (QED) is 0.833. The van der Waals surface area contributed by atoms with Gasteiger partial charge in [0.2, 0.25) is 0 Å². The van der Waals surface area contributed by atoms with Crippen LogP contribution in [-0.4, -0.2) is 24.0 Å². The van der Waals surface area contributed by atoms with Gasteiger partial charge in [0.15, 0.2) is 11.6 Å². The molecule has 4 heteroatoms. The van der Waals surface area contributed by atoms with Crippen molar-refractivity contribution < 1.29 is 14.4 Å². The highest BCUT2D eigenvalue weighted by atomic mass is 16.2. The van der Waals surface area contributed by atoms with Crippen molar-refractivity contribution in [2.45, 2.75) is 26.7 Å². The van der Waals surface area contributed by atoms with Crippen LogP contribution in [0.5, 0.6) is 0 Å². The third kappa shape index (κ3) is 3.39. The number of carbonyl (C=O) groups is 3. The van der Waals surface area contributed by atoms with Gasteiger partial charge in [0.05, 0.1) is 6.54 Å². The van der Waals surface area contributed by atoms with Gasteiger partial charge in [-0.3, -0.25) is 14.4 Å². The lowest BCUT2D eigenvalue weighted by molar-refractivity contribution is -0.118. The summed E-state index contributed by atoms with van der Waals surface area (Å²) in [4.78, 5) is 35.5. The Labute approximate surface area is 129 Å². The number of fused-ring (bicyclic) bond motifs is 1. The summed E-state index contributed by atoms with van der Waals surface area (Å²) in [5.41, 5.74) is 1.07. The van der Waals surface area contributed by atoms with Gasteiger partial charge in [0.25, 0.3) is 5.91 Å². The molecule has 0 unspecified atom stereocenters. The molecule has 114 valence electrons. The van der Waals surface area contributed by atoms with Gasteiger partial charge in [-0.15, -0.1) is 0 Å². The van der Waals surface area contributed by atoms with Crippen molar-refractivity contribution in [3.63, 3.8) is 0 Å². The van der Waals surface area contributed by atoms with Crippen molar-refractivity contribution in [3.8, 4) is 0 Å². The van der Waals surface area contributed by atoms with E-state index in [9.17, 15) is 14.4 Å². The Morgan fingerprint density at radius 2 is 1.55 bits per heavy atom. The summed E-state index contributed by atoms with van der Waals surface area (Å²) in [6, 6.07) is 10.6. The molecule has 0 aliphatic heterocycles. The van der Waals surface area contributed by atoms with Crippen LogP contribution in [-0.2, 0) is 4.79 Å². The van der Waals surface area contributed by atoms with Gasteiger partial charge in [-0.2, -0.15) is 0 Å². The molecule has 0 aliphatic carbocycles. The average molecular weight is 297 g/mol. The predicted octanol–water partition coefficient (Wildman–Crippen LogP) is 3.14. The fraction of sp³-hybridized carbons (Fsp3) is 0.278. The summed E-state index contributed by atoms with van der Waals surface area (Å²) < 4.78 is 0. The van der Waals surface area contributed by atoms with Gasteiger partial charge >= 0.3 is 0 Å². The Bertz CT molecular complexity index is 734. The molecule has 0 fully saturated rings. The number of ketones is 2. The first-order valence-corrected chi connectivity index (χ1v) is 7.37. The van der Waals surface area contributed by atoms with Crippen molar-refractivity contribution in [3.05, 3.63) is 47.5 Å². The van der Waals surface area contributed by atoms with E-state index in [0.717, 1.165) is 17.2 Å². The molecule has 2 rings (SSSR count). The Morgan fingerprint density at radius 3 is 2.14 bits per heavy atom. The Hall–Kier alpha value is -2.49. The first-order valence-electron chi connectivity index (χ1n) is 7.37. The molecule has 2 aromatic rings. The minimum Gasteiger partial charge on any atom is -0.345 e. The zero-order valence-electron chi connectivity index (χ0n) is 12.8. The number of Topliss-reactive ketones (excluding diaryl/α,β-unsaturated/α-hetero) is 2. The Balaban J connectivity index is 2.32. The van der Waals surface area contributed by atoms with Gasteiger partial charge in [0, 0.05) is 17.5 Å². The molecule has 0 saturated heterocycles. The standard InChI is InChI=1S/C18H19NO3/c1-3-6-13(21)11-19-18(22)17-10-9-14(12(2)20)15-7-4-5-8-16(15)17/h4-5,7-10H,3,6,11H2,1-2H3,(H,19,22). The first-order chi connectivity index (χ1) is 10.5. The predicted molar refractivity (Wildman–Crippen MR) is 86.2 cm³/mol. The van der Waals surface area contributed by atoms with Crippen LogP contribution in [0.25, 0.3) is 10.8 Å². The summed E-state index contributed by atoms with van der Waals surface area (Å²) in [5, 5.41) is 4.12. The van der Waals surface area contributed by atoms with Crippen molar-refractivity contribution in [1.29, 1.82) is 0 Å². The van der Waals surface area contributed by atoms with Crippen molar-refractivity contribution in [2.75, 3.05) is 6.54 Å². The average Bonchev–Trinajstić information content (AvgIpc) is 2.51. The normalized spacial score (nSPS) is 10.5. The summed E-state index contributed by atoms with van der Waals surface area (Å²) in [6.07, 6.45) is 1.23. The zero-order chi connectivity index (χ0) is 16.1. The van der Waals surface area contributed by atoms with E-state index < -0.39 is 0 Å². The van der Waals surface area contributed by atoms with Gasteiger partial charge < -0.3 is 5.32 Å². The molecule has 0 aliphatic rings. The number of benzene rings is 2. The molecule has 1 N–H and O–H groups in total. The van der Waals surface area contributed by atoms with Crippen molar-refractivity contribution in [2.24, 2.45) is 0 Å². The first kappa shape index (κ1) is 15.9. The lowest BCUT2D eigenvalue weighted by atomic mass is 9.97. The van der Waals surface area contributed by atoms with E-state index in [-0.39, 0.29) is 24.0 Å². The van der Waals surface area contributed by atoms with Crippen LogP contribution in [0.15, 0.2) is 36.4 Å². The number of hydrogen-bond acceptors (Lipinski definition) is 3. The van der Waals surface area contributed by atoms with Crippen molar-refractivity contribution >= 4 is 28.2 Å². The second-order valence-corrected chi connectivity index (χ2v) is 5.23. The maximum absolute atomic E-state index is 12.3. The zero-order valence-corrected chi connectivity index (χ0v) is 12.8. The highest BCUT2D eigenvalue weighted by molar-refractivity contribution is 6.14. The van der Waals surface area contributed by atoms with Gasteiger partial charge in [-0.05, 0) is 36.2 Å². The molecule has 0 saturated carbocycles. The maximum atomic E-state index is 12.3. The van der Waals surface area contributed by atoms with E-state index in [4.69, 9.17) is 0 Å². The maximum Gasteiger partial charge on any atom is 0.252 e. The third-order valence-electron chi connectivity index (χ3n) is 3.52. The second-order valence-electron chi connectivity index (χ2n) is 5.23. The molecule has 22 heavy (non-hydrogen) atoms. The number of rotatable bonds is 6. The topological polar surface area (TPSA) is 63.2 Å². The van der Waals surface area contributed by atoms with E-state index in [1.807, 2.05) is 31.2 Å². The smallest absolute Gasteiger partial charge is 0.252 e. The van der Waals surface area contributed by atoms with Crippen LogP contribution in [0.1, 0.15) is 47.4 Å². The largest absolute Gasteiger partial charge is 0.345 e. The number of carbonyl (C=O) groups excluding carboxylic acids is 3. The molecule has 0 spiro atoms. The van der Waals surface area contributed by atoms with Crippen molar-refractivity contribution in [1.82, 2.24) is 5.32 Å². The van der Waals surface area contributed by atoms with Crippen LogP contribution in [0.3, 0.4) is 0 Å². The summed E-state index contributed by atoms with van der Waals surface area (Å²) >= 11 is 0. The minimum absolute atomic E-state index is 0.0144. The monoisotopic (exact) mass is 297 g/mol. The molecule has 4 nitrogen and oxygen atoms in total. The molecule has 0 radical (unpaired) electrons. The third-order valence-corrected chi connectivity index (χ3v) is 3.52. The van der Waals surface area contributed by atoms with E-state index >= 15 is 0 Å². The summed E-state index contributed by atoms with van der Waals surface area (Å²) in [5.74, 6) is -0.322. The Kier molecular flexibility index (Phi) is 5.04. The highest BCUT2D eigenvalue weighted by Crippen LogP contribution is 2.23. The van der Waals surface area contributed by atoms with Crippen LogP contribution in [0.4, 0.5) is 0 Å². The van der Waals surface area contributed by atoms with Gasteiger partial charge in [-0.25, -0.2) is 0 Å². The number of amides is 1. The van der Waals surface area contributed by atoms with Crippen LogP contribution in [0.2, 0.25) is 0 Å². The molecule has 0 bridgehead atoms. The lowest BCUT2D eigenvalue weighted by Gasteiger charge is -2.10. The molecule has 1 amide bonds. The number of hydrogen-bond donors (Lipinski definition) is 1. The summed E-state index contributed by atoms with van der Waals surface area (Å²) in [7, 11) is 0. The summed E-state index contributed by atoms with van der Waals surface area (Å²) in [6.45, 7) is 3.47. The van der Waals surface area contributed by atoms with E-state index in [1.54, 1.807) is 12.1 Å². The fourth-order valence-electron chi connectivity index (χ4n) is 2.45. The fourth-order valence-corrected chi connectivity index (χ4v) is 2.45. The molecular formula is C18H19NO3. The Morgan fingerprint density at radius 1 is 0.955 bits per heavy atom. The molecule has 0 aromatic heterocycles. The van der Waals surface area contributed by atoms with Gasteiger partial charge in [-0.1, -0.05) is 31.2 Å². The highest BCUT2D eigenvalue weighted by Gasteiger charge is 2.14. The molecule has 0 atom stereocenters. The van der Waals surface area contributed by atoms with Crippen LogP contribution in [0, 0.1) is 0 Å². The van der Waals surface area contributed by atoms with Gasteiger partial charge in [0.1, 0.15) is 0 Å².